The van der Waals surface area contributed by atoms with Crippen LogP contribution in [0.4, 0.5) is 0 Å². The fourth-order valence-electron chi connectivity index (χ4n) is 3.74. The van der Waals surface area contributed by atoms with Gasteiger partial charge in [0.2, 0.25) is 5.91 Å². The summed E-state index contributed by atoms with van der Waals surface area (Å²) in [6, 6.07) is 1.10. The lowest BCUT2D eigenvalue weighted by Gasteiger charge is -2.39. The molecule has 2 aliphatic heterocycles. The summed E-state index contributed by atoms with van der Waals surface area (Å²) in [5.74, 6) is 0.315. The van der Waals surface area contributed by atoms with Gasteiger partial charge in [0.05, 0.1) is 0 Å². The molecule has 3 aliphatic rings. The van der Waals surface area contributed by atoms with Crippen LogP contribution in [0.1, 0.15) is 38.5 Å². The Hall–Kier alpha value is -0.650. The Kier molecular flexibility index (Phi) is 5.14. The lowest BCUT2D eigenvalue weighted by molar-refractivity contribution is -0.133. The molecule has 0 bridgehead atoms. The van der Waals surface area contributed by atoms with Crippen LogP contribution in [0.5, 0.6) is 0 Å². The molecular weight excluding hydrogens is 264 g/mol. The number of piperidine rings is 1. The van der Waals surface area contributed by atoms with Gasteiger partial charge in [-0.3, -0.25) is 14.6 Å². The van der Waals surface area contributed by atoms with Gasteiger partial charge in [-0.15, -0.1) is 0 Å². The summed E-state index contributed by atoms with van der Waals surface area (Å²) in [6.45, 7) is 6.95. The highest BCUT2D eigenvalue weighted by molar-refractivity contribution is 5.77. The monoisotopic (exact) mass is 294 g/mol. The number of hydrogen-bond acceptors (Lipinski definition) is 4. The molecule has 2 N–H and O–H groups in total. The van der Waals surface area contributed by atoms with Crippen molar-refractivity contribution in [2.24, 2.45) is 5.73 Å². The molecule has 0 aromatic carbocycles. The summed E-state index contributed by atoms with van der Waals surface area (Å²) < 4.78 is 0. The van der Waals surface area contributed by atoms with Crippen molar-refractivity contribution in [1.29, 1.82) is 0 Å². The Morgan fingerprint density at radius 3 is 2.24 bits per heavy atom. The summed E-state index contributed by atoms with van der Waals surface area (Å²) in [7, 11) is 0. The molecule has 2 heterocycles. The van der Waals surface area contributed by atoms with Gasteiger partial charge >= 0.3 is 0 Å². The molecule has 1 amide bonds. The van der Waals surface area contributed by atoms with E-state index in [2.05, 4.69) is 9.80 Å². The molecule has 1 atom stereocenters. The molecule has 1 unspecified atom stereocenters. The summed E-state index contributed by atoms with van der Waals surface area (Å²) in [5, 5.41) is 0. The van der Waals surface area contributed by atoms with E-state index >= 15 is 0 Å². The minimum Gasteiger partial charge on any atom is -0.343 e. The zero-order valence-corrected chi connectivity index (χ0v) is 13.2. The first-order valence-corrected chi connectivity index (χ1v) is 8.74. The van der Waals surface area contributed by atoms with E-state index in [1.165, 1.54) is 32.1 Å². The maximum Gasteiger partial charge on any atom is 0.224 e. The van der Waals surface area contributed by atoms with Crippen molar-refractivity contribution in [2.75, 3.05) is 45.8 Å². The van der Waals surface area contributed by atoms with Gasteiger partial charge in [-0.05, 0) is 32.1 Å². The molecule has 0 radical (unpaired) electrons. The second-order valence-corrected chi connectivity index (χ2v) is 6.84. The average Bonchev–Trinajstić information content (AvgIpc) is 3.38. The maximum atomic E-state index is 12.4. The number of piperazine rings is 1. The summed E-state index contributed by atoms with van der Waals surface area (Å²) in [6.07, 6.45) is 6.98. The molecule has 0 aromatic heterocycles. The van der Waals surface area contributed by atoms with E-state index in [9.17, 15) is 4.79 Å². The van der Waals surface area contributed by atoms with Gasteiger partial charge in [-0.1, -0.05) is 0 Å². The van der Waals surface area contributed by atoms with Crippen LogP contribution >= 0.6 is 0 Å². The smallest absolute Gasteiger partial charge is 0.224 e. The highest BCUT2D eigenvalue weighted by Crippen LogP contribution is 2.27. The molecule has 0 spiro atoms. The number of nitrogens with zero attached hydrogens (tertiary/aromatic N) is 3. The van der Waals surface area contributed by atoms with Gasteiger partial charge in [0.25, 0.3) is 0 Å². The normalized spacial score (nSPS) is 26.8. The zero-order chi connectivity index (χ0) is 14.7. The molecule has 0 aromatic rings. The van der Waals surface area contributed by atoms with E-state index in [4.69, 9.17) is 5.73 Å². The summed E-state index contributed by atoms with van der Waals surface area (Å²) >= 11 is 0. The maximum absolute atomic E-state index is 12.4. The van der Waals surface area contributed by atoms with Crippen LogP contribution in [0.15, 0.2) is 0 Å². The largest absolute Gasteiger partial charge is 0.343 e. The summed E-state index contributed by atoms with van der Waals surface area (Å²) in [5.41, 5.74) is 5.96. The lowest BCUT2D eigenvalue weighted by Crippen LogP contribution is -2.54. The van der Waals surface area contributed by atoms with Crippen molar-refractivity contribution in [3.05, 3.63) is 0 Å². The van der Waals surface area contributed by atoms with E-state index in [-0.39, 0.29) is 6.04 Å². The molecule has 2 saturated heterocycles. The van der Waals surface area contributed by atoms with Crippen LogP contribution < -0.4 is 5.73 Å². The Bertz CT molecular complexity index is 344. The number of carbonyl (C=O) groups excluding carboxylic acids is 1. The Morgan fingerprint density at radius 2 is 1.67 bits per heavy atom. The average molecular weight is 294 g/mol. The van der Waals surface area contributed by atoms with Crippen molar-refractivity contribution >= 4 is 5.91 Å². The molecule has 5 nitrogen and oxygen atoms in total. The molecule has 1 aliphatic carbocycles. The third-order valence-electron chi connectivity index (χ3n) is 5.32. The molecule has 3 fully saturated rings. The Morgan fingerprint density at radius 1 is 1.00 bits per heavy atom. The molecule has 5 heteroatoms. The third kappa shape index (κ3) is 3.96. The number of rotatable bonds is 5. The molecular formula is C16H30N4O. The number of hydrogen-bond donors (Lipinski definition) is 1. The van der Waals surface area contributed by atoms with Crippen molar-refractivity contribution in [3.8, 4) is 0 Å². The quantitative estimate of drug-likeness (QED) is 0.802. The highest BCUT2D eigenvalue weighted by atomic mass is 16.2. The predicted molar refractivity (Wildman–Crippen MR) is 84.1 cm³/mol. The fraction of sp³-hybridized carbons (Fsp3) is 0.938. The van der Waals surface area contributed by atoms with Crippen molar-refractivity contribution in [1.82, 2.24) is 14.7 Å². The molecule has 120 valence electrons. The number of amides is 1. The molecule has 3 rings (SSSR count). The van der Waals surface area contributed by atoms with Gasteiger partial charge in [0, 0.05) is 64.3 Å². The molecule has 1 saturated carbocycles. The summed E-state index contributed by atoms with van der Waals surface area (Å²) in [4.78, 5) is 19.5. The predicted octanol–water partition coefficient (Wildman–Crippen LogP) is 0.496. The van der Waals surface area contributed by atoms with E-state index in [1.54, 1.807) is 0 Å². The van der Waals surface area contributed by atoms with Gasteiger partial charge in [0.1, 0.15) is 0 Å². The van der Waals surface area contributed by atoms with E-state index < -0.39 is 0 Å². The number of nitrogens with two attached hydrogens (primary N) is 1. The lowest BCUT2D eigenvalue weighted by atomic mass is 10.1. The minimum atomic E-state index is 0.237. The van der Waals surface area contributed by atoms with Gasteiger partial charge in [-0.2, -0.15) is 0 Å². The van der Waals surface area contributed by atoms with Crippen LogP contribution in [-0.2, 0) is 4.79 Å². The Balaban J connectivity index is 1.46. The fourth-order valence-corrected chi connectivity index (χ4v) is 3.74. The standard InChI is InChI=1S/C16H30N4O/c17-13-15(12-16(21)20-6-2-1-3-7-20)19-10-8-18(9-11-19)14-4-5-14/h14-15H,1-13,17H2. The second kappa shape index (κ2) is 7.07. The van der Waals surface area contributed by atoms with Crippen molar-refractivity contribution in [2.45, 2.75) is 50.6 Å². The first kappa shape index (κ1) is 15.3. The van der Waals surface area contributed by atoms with E-state index in [0.717, 1.165) is 45.3 Å². The van der Waals surface area contributed by atoms with Crippen molar-refractivity contribution in [3.63, 3.8) is 0 Å². The third-order valence-corrected chi connectivity index (χ3v) is 5.32. The Labute approximate surface area is 128 Å². The number of carbonyl (C=O) groups is 1. The van der Waals surface area contributed by atoms with Gasteiger partial charge < -0.3 is 10.6 Å². The zero-order valence-electron chi connectivity index (χ0n) is 13.2. The van der Waals surface area contributed by atoms with Crippen LogP contribution in [0, 0.1) is 0 Å². The van der Waals surface area contributed by atoms with Gasteiger partial charge in [0.15, 0.2) is 0 Å². The van der Waals surface area contributed by atoms with Crippen molar-refractivity contribution < 1.29 is 4.79 Å². The minimum absolute atomic E-state index is 0.237. The SMILES string of the molecule is NCC(CC(=O)N1CCCCC1)N1CCN(C2CC2)CC1. The highest BCUT2D eigenvalue weighted by Gasteiger charge is 2.33. The second-order valence-electron chi connectivity index (χ2n) is 6.84. The van der Waals surface area contributed by atoms with E-state index in [1.807, 2.05) is 4.90 Å². The topological polar surface area (TPSA) is 52.8 Å². The van der Waals surface area contributed by atoms with E-state index in [0.29, 0.717) is 18.9 Å². The van der Waals surface area contributed by atoms with Crippen LogP contribution in [0.2, 0.25) is 0 Å². The first-order valence-electron chi connectivity index (χ1n) is 8.74. The molecule has 21 heavy (non-hydrogen) atoms. The van der Waals surface area contributed by atoms with Gasteiger partial charge in [-0.25, -0.2) is 0 Å². The van der Waals surface area contributed by atoms with Crippen LogP contribution in [0.3, 0.4) is 0 Å². The van der Waals surface area contributed by atoms with Crippen LogP contribution in [-0.4, -0.2) is 78.5 Å². The van der Waals surface area contributed by atoms with Crippen LogP contribution in [0.25, 0.3) is 0 Å². The first-order chi connectivity index (χ1) is 10.3. The number of likely N-dealkylation sites (tertiary alicyclic amines) is 1.